The van der Waals surface area contributed by atoms with Crippen LogP contribution in [0.15, 0.2) is 40.8 Å². The highest BCUT2D eigenvalue weighted by atomic mass is 19.1. The lowest BCUT2D eigenvalue weighted by atomic mass is 10.3. The van der Waals surface area contributed by atoms with Gasteiger partial charge in [0.2, 0.25) is 0 Å². The molecule has 6 heteroatoms. The standard InChI is InChI=1S/C14H14FNO4/c1-16(18-2)14(17)13-8-7-10(20-13)9-19-12-6-4-3-5-11(12)15/h3-8H,9H2,1-2H3. The van der Waals surface area contributed by atoms with E-state index in [9.17, 15) is 9.18 Å². The molecule has 0 N–H and O–H groups in total. The van der Waals surface area contributed by atoms with E-state index in [2.05, 4.69) is 0 Å². The molecule has 1 aromatic heterocycles. The van der Waals surface area contributed by atoms with Gasteiger partial charge in [0.05, 0.1) is 7.11 Å². The van der Waals surface area contributed by atoms with Crippen molar-refractivity contribution in [1.29, 1.82) is 0 Å². The van der Waals surface area contributed by atoms with Gasteiger partial charge in [-0.05, 0) is 24.3 Å². The first-order valence-electron chi connectivity index (χ1n) is 5.90. The fourth-order valence-corrected chi connectivity index (χ4v) is 1.52. The molecule has 0 saturated heterocycles. The summed E-state index contributed by atoms with van der Waals surface area (Å²) in [6.45, 7) is 0.0326. The number of furan rings is 1. The number of hydrogen-bond donors (Lipinski definition) is 0. The molecule has 1 amide bonds. The topological polar surface area (TPSA) is 51.9 Å². The zero-order valence-electron chi connectivity index (χ0n) is 11.1. The molecule has 0 atom stereocenters. The number of amides is 1. The second kappa shape index (κ2) is 6.21. The fraction of sp³-hybridized carbons (Fsp3) is 0.214. The molecular weight excluding hydrogens is 265 g/mol. The van der Waals surface area contributed by atoms with Gasteiger partial charge in [-0.15, -0.1) is 0 Å². The smallest absolute Gasteiger partial charge is 0.312 e. The van der Waals surface area contributed by atoms with Gasteiger partial charge < -0.3 is 9.15 Å². The minimum atomic E-state index is -0.450. The average molecular weight is 279 g/mol. The van der Waals surface area contributed by atoms with Gasteiger partial charge in [-0.1, -0.05) is 12.1 Å². The molecule has 0 spiro atoms. The molecule has 1 heterocycles. The summed E-state index contributed by atoms with van der Waals surface area (Å²) in [4.78, 5) is 16.5. The van der Waals surface area contributed by atoms with Crippen LogP contribution >= 0.6 is 0 Å². The van der Waals surface area contributed by atoms with Crippen LogP contribution in [0.25, 0.3) is 0 Å². The fourth-order valence-electron chi connectivity index (χ4n) is 1.52. The van der Waals surface area contributed by atoms with Gasteiger partial charge in [-0.25, -0.2) is 9.45 Å². The maximum absolute atomic E-state index is 13.3. The molecule has 0 saturated carbocycles. The van der Waals surface area contributed by atoms with Crippen molar-refractivity contribution in [3.05, 3.63) is 53.7 Å². The second-order valence-corrected chi connectivity index (χ2v) is 3.97. The van der Waals surface area contributed by atoms with Crippen molar-refractivity contribution in [2.45, 2.75) is 6.61 Å². The van der Waals surface area contributed by atoms with Crippen LogP contribution < -0.4 is 4.74 Å². The quantitative estimate of drug-likeness (QED) is 0.789. The molecule has 0 radical (unpaired) electrons. The highest BCUT2D eigenvalue weighted by Crippen LogP contribution is 2.18. The van der Waals surface area contributed by atoms with Crippen LogP contribution in [0.3, 0.4) is 0 Å². The average Bonchev–Trinajstić information content (AvgIpc) is 2.93. The summed E-state index contributed by atoms with van der Waals surface area (Å²) in [5.41, 5.74) is 0. The number of halogens is 1. The molecule has 0 unspecified atom stereocenters. The number of rotatable bonds is 5. The van der Waals surface area contributed by atoms with Crippen LogP contribution in [0.5, 0.6) is 5.75 Å². The molecule has 0 aliphatic carbocycles. The van der Waals surface area contributed by atoms with Crippen molar-refractivity contribution in [2.24, 2.45) is 0 Å². The van der Waals surface area contributed by atoms with Gasteiger partial charge in [0.25, 0.3) is 0 Å². The molecule has 20 heavy (non-hydrogen) atoms. The summed E-state index contributed by atoms with van der Waals surface area (Å²) in [5.74, 6) is -0.188. The lowest BCUT2D eigenvalue weighted by Gasteiger charge is -2.11. The summed E-state index contributed by atoms with van der Waals surface area (Å²) in [6.07, 6.45) is 0. The Hall–Kier alpha value is -2.34. The summed E-state index contributed by atoms with van der Waals surface area (Å²) < 4.78 is 23.9. The number of carbonyl (C=O) groups excluding carboxylic acids is 1. The summed E-state index contributed by atoms with van der Waals surface area (Å²) in [7, 11) is 2.85. The van der Waals surface area contributed by atoms with Crippen LogP contribution in [-0.2, 0) is 11.4 Å². The molecule has 5 nitrogen and oxygen atoms in total. The molecule has 1 aromatic carbocycles. The molecule has 2 rings (SSSR count). The summed E-state index contributed by atoms with van der Waals surface area (Å²) >= 11 is 0. The largest absolute Gasteiger partial charge is 0.483 e. The molecule has 106 valence electrons. The van der Waals surface area contributed by atoms with E-state index in [0.29, 0.717) is 5.76 Å². The maximum Gasteiger partial charge on any atom is 0.312 e. The number of hydroxylamine groups is 2. The van der Waals surface area contributed by atoms with Crippen LogP contribution in [0.2, 0.25) is 0 Å². The van der Waals surface area contributed by atoms with Crippen LogP contribution in [0.4, 0.5) is 4.39 Å². The third-order valence-corrected chi connectivity index (χ3v) is 2.64. The number of nitrogens with zero attached hydrogens (tertiary/aromatic N) is 1. The summed E-state index contributed by atoms with van der Waals surface area (Å²) in [5, 5.41) is 1.04. The lowest BCUT2D eigenvalue weighted by molar-refractivity contribution is -0.0774. The predicted octanol–water partition coefficient (Wildman–Crippen LogP) is 2.63. The van der Waals surface area contributed by atoms with Gasteiger partial charge in [-0.2, -0.15) is 0 Å². The van der Waals surface area contributed by atoms with E-state index in [4.69, 9.17) is 14.0 Å². The molecule has 2 aromatic rings. The Kier molecular flexibility index (Phi) is 4.37. The van der Waals surface area contributed by atoms with Crippen molar-refractivity contribution in [3.8, 4) is 5.75 Å². The Morgan fingerprint density at radius 3 is 2.75 bits per heavy atom. The van der Waals surface area contributed by atoms with Crippen LogP contribution in [0.1, 0.15) is 16.3 Å². The van der Waals surface area contributed by atoms with E-state index in [1.807, 2.05) is 0 Å². The van der Waals surface area contributed by atoms with E-state index >= 15 is 0 Å². The van der Waals surface area contributed by atoms with E-state index in [1.165, 1.54) is 32.4 Å². The Labute approximate surface area is 115 Å². The maximum atomic E-state index is 13.3. The number of hydrogen-bond acceptors (Lipinski definition) is 4. The van der Waals surface area contributed by atoms with E-state index in [1.54, 1.807) is 18.2 Å². The Balaban J connectivity index is 2.00. The Morgan fingerprint density at radius 1 is 1.30 bits per heavy atom. The van der Waals surface area contributed by atoms with Crippen molar-refractivity contribution in [1.82, 2.24) is 5.06 Å². The lowest BCUT2D eigenvalue weighted by Crippen LogP contribution is -2.24. The molecular formula is C14H14FNO4. The first-order chi connectivity index (χ1) is 9.61. The van der Waals surface area contributed by atoms with Crippen molar-refractivity contribution < 1.29 is 23.2 Å². The Bertz CT molecular complexity index is 596. The predicted molar refractivity (Wildman–Crippen MR) is 68.5 cm³/mol. The van der Waals surface area contributed by atoms with Gasteiger partial charge in [0, 0.05) is 7.05 Å². The zero-order valence-corrected chi connectivity index (χ0v) is 11.1. The number of carbonyl (C=O) groups is 1. The minimum Gasteiger partial charge on any atom is -0.483 e. The van der Waals surface area contributed by atoms with E-state index < -0.39 is 11.7 Å². The van der Waals surface area contributed by atoms with Gasteiger partial charge in [0.1, 0.15) is 12.4 Å². The molecule has 0 aliphatic heterocycles. The van der Waals surface area contributed by atoms with E-state index in [0.717, 1.165) is 5.06 Å². The van der Waals surface area contributed by atoms with Gasteiger partial charge >= 0.3 is 5.91 Å². The molecule has 0 bridgehead atoms. The number of para-hydroxylation sites is 1. The third kappa shape index (κ3) is 3.16. The van der Waals surface area contributed by atoms with Crippen molar-refractivity contribution in [2.75, 3.05) is 14.2 Å². The highest BCUT2D eigenvalue weighted by Gasteiger charge is 2.16. The summed E-state index contributed by atoms with van der Waals surface area (Å²) in [6, 6.07) is 9.17. The monoisotopic (exact) mass is 279 g/mol. The third-order valence-electron chi connectivity index (χ3n) is 2.64. The Morgan fingerprint density at radius 2 is 2.05 bits per heavy atom. The van der Waals surface area contributed by atoms with Crippen molar-refractivity contribution in [3.63, 3.8) is 0 Å². The van der Waals surface area contributed by atoms with Crippen LogP contribution in [-0.4, -0.2) is 25.1 Å². The SMILES string of the molecule is CON(C)C(=O)c1ccc(COc2ccccc2F)o1. The normalized spacial score (nSPS) is 10.3. The minimum absolute atomic E-state index is 0.0326. The first-order valence-corrected chi connectivity index (χ1v) is 5.90. The van der Waals surface area contributed by atoms with Crippen LogP contribution in [0, 0.1) is 5.82 Å². The first kappa shape index (κ1) is 14.1. The molecule has 0 aliphatic rings. The van der Waals surface area contributed by atoms with Gasteiger partial charge in [0.15, 0.2) is 17.3 Å². The number of benzene rings is 1. The molecule has 0 fully saturated rings. The second-order valence-electron chi connectivity index (χ2n) is 3.97. The number of ether oxygens (including phenoxy) is 1. The highest BCUT2D eigenvalue weighted by molar-refractivity contribution is 5.90. The van der Waals surface area contributed by atoms with E-state index in [-0.39, 0.29) is 18.1 Å². The zero-order chi connectivity index (χ0) is 14.5. The van der Waals surface area contributed by atoms with Crippen molar-refractivity contribution >= 4 is 5.91 Å². The van der Waals surface area contributed by atoms with Gasteiger partial charge in [-0.3, -0.25) is 9.63 Å².